The highest BCUT2D eigenvalue weighted by atomic mass is 28.4. The third kappa shape index (κ3) is 13.4. The first-order chi connectivity index (χ1) is 12.6. The molecule has 0 N–H and O–H groups in total. The molecule has 1 atom stereocenters. The van der Waals surface area contributed by atoms with Gasteiger partial charge in [0.25, 0.3) is 0 Å². The Balaban J connectivity index is 3.90. The molecule has 0 aliphatic rings. The van der Waals surface area contributed by atoms with Crippen LogP contribution in [0.3, 0.4) is 0 Å². The Morgan fingerprint density at radius 1 is 0.926 bits per heavy atom. The van der Waals surface area contributed by atoms with Crippen LogP contribution < -0.4 is 0 Å². The van der Waals surface area contributed by atoms with E-state index in [0.717, 1.165) is 25.7 Å². The number of carbonyl (C=O) groups excluding carboxylic acids is 1. The number of carbonyl (C=O) groups is 1. The smallest absolute Gasteiger partial charge is 0.305 e. The maximum absolute atomic E-state index is 10.9. The Labute approximate surface area is 168 Å². The molecule has 0 fully saturated rings. The minimum atomic E-state index is -1.69. The normalized spacial score (nSPS) is 14.8. The first-order valence-electron chi connectivity index (χ1n) is 9.96. The van der Waals surface area contributed by atoms with Crippen molar-refractivity contribution in [2.45, 2.75) is 84.0 Å². The largest absolute Gasteiger partial charge is 0.469 e. The number of allylic oxidation sites excluding steroid dienone is 7. The number of ether oxygens (including phenoxy) is 1. The Bertz CT molecular complexity index is 522. The summed E-state index contributed by atoms with van der Waals surface area (Å²) >= 11 is 0. The van der Waals surface area contributed by atoms with Gasteiger partial charge in [0.1, 0.15) is 0 Å². The van der Waals surface area contributed by atoms with Gasteiger partial charge in [0, 0.05) is 6.42 Å². The van der Waals surface area contributed by atoms with Crippen LogP contribution in [0.2, 0.25) is 18.1 Å². The average molecular weight is 393 g/mol. The zero-order valence-electron chi connectivity index (χ0n) is 18.5. The van der Waals surface area contributed by atoms with E-state index in [1.165, 1.54) is 7.11 Å². The molecule has 0 spiro atoms. The third-order valence-electron chi connectivity index (χ3n) is 4.75. The summed E-state index contributed by atoms with van der Waals surface area (Å²) in [5.41, 5.74) is 0. The number of esters is 1. The van der Waals surface area contributed by atoms with E-state index in [4.69, 9.17) is 4.43 Å². The van der Waals surface area contributed by atoms with Gasteiger partial charge in [-0.15, -0.1) is 0 Å². The molecular formula is C23H40O3Si. The lowest BCUT2D eigenvalue weighted by molar-refractivity contribution is -0.140. The van der Waals surface area contributed by atoms with Crippen molar-refractivity contribution in [1.29, 1.82) is 0 Å². The van der Waals surface area contributed by atoms with Gasteiger partial charge in [-0.2, -0.15) is 0 Å². The molecule has 0 radical (unpaired) electrons. The van der Waals surface area contributed by atoms with Crippen LogP contribution in [-0.2, 0) is 14.0 Å². The second-order valence-corrected chi connectivity index (χ2v) is 13.0. The molecule has 0 saturated carbocycles. The minimum Gasteiger partial charge on any atom is -0.469 e. The van der Waals surface area contributed by atoms with Crippen LogP contribution >= 0.6 is 0 Å². The summed E-state index contributed by atoms with van der Waals surface area (Å²) in [6.07, 6.45) is 21.3. The predicted octanol–water partition coefficient (Wildman–Crippen LogP) is 6.75. The monoisotopic (exact) mass is 392 g/mol. The number of methoxy groups -OCH3 is 1. The number of rotatable bonds is 12. The van der Waals surface area contributed by atoms with Crippen LogP contribution in [0.15, 0.2) is 48.6 Å². The highest BCUT2D eigenvalue weighted by Crippen LogP contribution is 2.37. The van der Waals surface area contributed by atoms with Crippen LogP contribution in [0.25, 0.3) is 0 Å². The summed E-state index contributed by atoms with van der Waals surface area (Å²) in [5, 5.41) is 0.248. The quantitative estimate of drug-likeness (QED) is 0.209. The Morgan fingerprint density at radius 3 is 1.89 bits per heavy atom. The zero-order valence-corrected chi connectivity index (χ0v) is 19.5. The molecule has 3 nitrogen and oxygen atoms in total. The van der Waals surface area contributed by atoms with Crippen molar-refractivity contribution in [3.8, 4) is 0 Å². The molecule has 0 bridgehead atoms. The first-order valence-corrected chi connectivity index (χ1v) is 12.9. The summed E-state index contributed by atoms with van der Waals surface area (Å²) in [6, 6.07) is 0. The van der Waals surface area contributed by atoms with E-state index in [2.05, 4.69) is 88.1 Å². The highest BCUT2D eigenvalue weighted by Gasteiger charge is 2.37. The maximum Gasteiger partial charge on any atom is 0.305 e. The van der Waals surface area contributed by atoms with Gasteiger partial charge in [0.2, 0.25) is 0 Å². The molecule has 0 unspecified atom stereocenters. The highest BCUT2D eigenvalue weighted by molar-refractivity contribution is 6.74. The molecule has 154 valence electrons. The van der Waals surface area contributed by atoms with Crippen LogP contribution in [0.5, 0.6) is 0 Å². The number of hydrogen-bond acceptors (Lipinski definition) is 3. The molecule has 0 aromatic heterocycles. The van der Waals surface area contributed by atoms with Crippen LogP contribution in [0.4, 0.5) is 0 Å². The second kappa shape index (κ2) is 13.7. The van der Waals surface area contributed by atoms with E-state index in [0.29, 0.717) is 6.42 Å². The zero-order chi connectivity index (χ0) is 20.8. The lowest BCUT2D eigenvalue weighted by atomic mass is 10.2. The van der Waals surface area contributed by atoms with Gasteiger partial charge >= 0.3 is 5.97 Å². The molecular weight excluding hydrogens is 352 g/mol. The fourth-order valence-corrected chi connectivity index (χ4v) is 3.45. The van der Waals surface area contributed by atoms with Crippen molar-refractivity contribution in [3.05, 3.63) is 48.6 Å². The van der Waals surface area contributed by atoms with Gasteiger partial charge < -0.3 is 9.16 Å². The van der Waals surface area contributed by atoms with Gasteiger partial charge in [-0.05, 0) is 50.7 Å². The Hall–Kier alpha value is -1.39. The summed E-state index contributed by atoms with van der Waals surface area (Å²) < 4.78 is 10.9. The van der Waals surface area contributed by atoms with Crippen molar-refractivity contribution in [1.82, 2.24) is 0 Å². The van der Waals surface area contributed by atoms with E-state index in [1.807, 2.05) is 6.08 Å². The van der Waals surface area contributed by atoms with Crippen LogP contribution in [-0.4, -0.2) is 27.5 Å². The van der Waals surface area contributed by atoms with Gasteiger partial charge in [-0.25, -0.2) is 0 Å². The first kappa shape index (κ1) is 25.6. The molecule has 0 rings (SSSR count). The SMILES string of the molecule is COC(=O)CC/C=C\C/C=C\C/C=C\C/C=C\[C@H](C)O[Si](C)(C)C(C)(C)C. The molecule has 0 heterocycles. The molecule has 27 heavy (non-hydrogen) atoms. The Morgan fingerprint density at radius 2 is 1.41 bits per heavy atom. The summed E-state index contributed by atoms with van der Waals surface area (Å²) in [4.78, 5) is 10.9. The molecule has 4 heteroatoms. The van der Waals surface area contributed by atoms with E-state index < -0.39 is 8.32 Å². The molecule has 0 aliphatic heterocycles. The van der Waals surface area contributed by atoms with Crippen molar-refractivity contribution >= 4 is 14.3 Å². The molecule has 0 saturated heterocycles. The molecule has 0 amide bonds. The van der Waals surface area contributed by atoms with Crippen molar-refractivity contribution in [2.75, 3.05) is 7.11 Å². The van der Waals surface area contributed by atoms with Gasteiger partial charge in [0.15, 0.2) is 8.32 Å². The van der Waals surface area contributed by atoms with Crippen LogP contribution in [0.1, 0.15) is 59.8 Å². The Kier molecular flexibility index (Phi) is 13.0. The second-order valence-electron chi connectivity index (χ2n) is 8.25. The lowest BCUT2D eigenvalue weighted by Gasteiger charge is -2.37. The third-order valence-corrected chi connectivity index (χ3v) is 9.33. The average Bonchev–Trinajstić information content (AvgIpc) is 2.57. The molecule has 0 aromatic rings. The number of hydrogen-bond donors (Lipinski definition) is 0. The molecule has 0 aliphatic carbocycles. The topological polar surface area (TPSA) is 35.5 Å². The van der Waals surface area contributed by atoms with Gasteiger partial charge in [-0.3, -0.25) is 4.79 Å². The van der Waals surface area contributed by atoms with Crippen molar-refractivity contribution in [3.63, 3.8) is 0 Å². The molecule has 0 aromatic carbocycles. The van der Waals surface area contributed by atoms with Gasteiger partial charge in [0.05, 0.1) is 13.2 Å². The summed E-state index contributed by atoms with van der Waals surface area (Å²) in [7, 11) is -0.267. The van der Waals surface area contributed by atoms with Crippen molar-refractivity contribution in [2.24, 2.45) is 0 Å². The fourth-order valence-electron chi connectivity index (χ4n) is 2.09. The van der Waals surface area contributed by atoms with Crippen molar-refractivity contribution < 1.29 is 14.0 Å². The summed E-state index contributed by atoms with van der Waals surface area (Å²) in [6.45, 7) is 13.5. The minimum absolute atomic E-state index is 0.157. The lowest BCUT2D eigenvalue weighted by Crippen LogP contribution is -2.42. The summed E-state index contributed by atoms with van der Waals surface area (Å²) in [5.74, 6) is -0.157. The fraction of sp³-hybridized carbons (Fsp3) is 0.609. The van der Waals surface area contributed by atoms with Crippen LogP contribution in [0, 0.1) is 0 Å². The predicted molar refractivity (Wildman–Crippen MR) is 119 cm³/mol. The van der Waals surface area contributed by atoms with E-state index in [9.17, 15) is 4.79 Å². The van der Waals surface area contributed by atoms with E-state index in [1.54, 1.807) is 0 Å². The van der Waals surface area contributed by atoms with Gasteiger partial charge in [-0.1, -0.05) is 69.4 Å². The van der Waals surface area contributed by atoms with E-state index >= 15 is 0 Å². The standard InChI is InChI=1S/C23H40O3Si/c1-21(26-27(6,7)23(2,3)4)19-17-15-13-11-9-8-10-12-14-16-18-20-22(24)25-5/h8,10-11,13-14,16-17,19,21H,9,12,15,18,20H2,1-7H3/b10-8-,13-11-,16-14-,19-17-/t21-/m0/s1. The van der Waals surface area contributed by atoms with E-state index in [-0.39, 0.29) is 17.1 Å². The maximum atomic E-state index is 10.9.